The predicted molar refractivity (Wildman–Crippen MR) is 113 cm³/mol. The summed E-state index contributed by atoms with van der Waals surface area (Å²) < 4.78 is 10.9. The number of carbonyl (C=O) groups excluding carboxylic acids is 1. The topological polar surface area (TPSA) is 87.2 Å². The number of ether oxygens (including phenoxy) is 2. The van der Waals surface area contributed by atoms with E-state index in [-0.39, 0.29) is 0 Å². The summed E-state index contributed by atoms with van der Waals surface area (Å²) in [6, 6.07) is 7.97. The van der Waals surface area contributed by atoms with Crippen molar-refractivity contribution in [3.8, 4) is 5.75 Å². The molecule has 0 radical (unpaired) electrons. The van der Waals surface area contributed by atoms with E-state index in [2.05, 4.69) is 25.8 Å². The summed E-state index contributed by atoms with van der Waals surface area (Å²) in [5.74, 6) is 1.51. The maximum Gasteiger partial charge on any atom is 0.407 e. The number of rotatable bonds is 9. The molecule has 0 unspecified atom stereocenters. The summed E-state index contributed by atoms with van der Waals surface area (Å²) in [6.45, 7) is 8.60. The summed E-state index contributed by atoms with van der Waals surface area (Å²) in [5.41, 5.74) is 0.594. The van der Waals surface area contributed by atoms with E-state index in [4.69, 9.17) is 9.47 Å². The van der Waals surface area contributed by atoms with E-state index < -0.39 is 11.7 Å². The molecule has 0 aliphatic rings. The van der Waals surface area contributed by atoms with Gasteiger partial charge in [0, 0.05) is 33.2 Å². The average molecular weight is 394 g/mol. The van der Waals surface area contributed by atoms with E-state index in [1.54, 1.807) is 7.05 Å². The highest BCUT2D eigenvalue weighted by atomic mass is 16.6. The van der Waals surface area contributed by atoms with Crippen LogP contribution < -0.4 is 20.7 Å². The molecular weight excluding hydrogens is 358 g/mol. The van der Waals surface area contributed by atoms with Crippen LogP contribution in [-0.4, -0.2) is 69.9 Å². The molecule has 1 aromatic rings. The second-order valence-electron chi connectivity index (χ2n) is 7.58. The lowest BCUT2D eigenvalue weighted by Gasteiger charge is -2.20. The van der Waals surface area contributed by atoms with Crippen molar-refractivity contribution in [2.24, 2.45) is 4.99 Å². The number of amides is 1. The van der Waals surface area contributed by atoms with Crippen molar-refractivity contribution in [2.75, 3.05) is 47.4 Å². The van der Waals surface area contributed by atoms with Gasteiger partial charge in [0.2, 0.25) is 0 Å². The van der Waals surface area contributed by atoms with Crippen molar-refractivity contribution in [1.29, 1.82) is 0 Å². The molecule has 8 heteroatoms. The summed E-state index contributed by atoms with van der Waals surface area (Å²) in [6.07, 6.45) is -0.427. The van der Waals surface area contributed by atoms with Gasteiger partial charge in [-0.3, -0.25) is 4.99 Å². The van der Waals surface area contributed by atoms with Gasteiger partial charge in [-0.15, -0.1) is 0 Å². The van der Waals surface area contributed by atoms with E-state index in [0.29, 0.717) is 32.2 Å². The van der Waals surface area contributed by atoms with Gasteiger partial charge in [-0.05, 0) is 52.6 Å². The van der Waals surface area contributed by atoms with Crippen LogP contribution in [0.2, 0.25) is 0 Å². The molecular formula is C20H35N5O3. The number of guanidine groups is 1. The highest BCUT2D eigenvalue weighted by Gasteiger charge is 2.15. The van der Waals surface area contributed by atoms with Crippen molar-refractivity contribution in [3.05, 3.63) is 29.8 Å². The quantitative estimate of drug-likeness (QED) is 0.337. The van der Waals surface area contributed by atoms with Crippen LogP contribution in [-0.2, 0) is 11.3 Å². The SMILES string of the molecule is CN=C(NCCNC(=O)OC(C)(C)C)NCc1cccc(OCCN(C)C)c1. The van der Waals surface area contributed by atoms with Crippen molar-refractivity contribution >= 4 is 12.1 Å². The van der Waals surface area contributed by atoms with E-state index in [9.17, 15) is 4.79 Å². The third-order valence-corrected chi connectivity index (χ3v) is 3.47. The van der Waals surface area contributed by atoms with Crippen molar-refractivity contribution in [2.45, 2.75) is 32.9 Å². The lowest BCUT2D eigenvalue weighted by Crippen LogP contribution is -2.42. The molecule has 0 spiro atoms. The Bertz CT molecular complexity index is 627. The monoisotopic (exact) mass is 393 g/mol. The number of carbonyl (C=O) groups is 1. The minimum absolute atomic E-state index is 0.427. The number of hydrogen-bond acceptors (Lipinski definition) is 5. The molecule has 0 aliphatic heterocycles. The van der Waals surface area contributed by atoms with E-state index in [1.807, 2.05) is 59.1 Å². The minimum Gasteiger partial charge on any atom is -0.492 e. The Kier molecular flexibility index (Phi) is 10.2. The maximum absolute atomic E-state index is 11.6. The van der Waals surface area contributed by atoms with Gasteiger partial charge in [-0.1, -0.05) is 12.1 Å². The first-order valence-corrected chi connectivity index (χ1v) is 9.47. The third-order valence-electron chi connectivity index (χ3n) is 3.47. The van der Waals surface area contributed by atoms with Crippen molar-refractivity contribution in [1.82, 2.24) is 20.9 Å². The number of benzene rings is 1. The van der Waals surface area contributed by atoms with Gasteiger partial charge >= 0.3 is 6.09 Å². The Morgan fingerprint density at radius 3 is 2.50 bits per heavy atom. The number of aliphatic imine (C=N–C) groups is 1. The largest absolute Gasteiger partial charge is 0.492 e. The van der Waals surface area contributed by atoms with Gasteiger partial charge < -0.3 is 30.3 Å². The van der Waals surface area contributed by atoms with Crippen LogP contribution in [0.1, 0.15) is 26.3 Å². The molecule has 0 bridgehead atoms. The molecule has 1 aromatic carbocycles. The number of nitrogens with zero attached hydrogens (tertiary/aromatic N) is 2. The Morgan fingerprint density at radius 2 is 1.86 bits per heavy atom. The smallest absolute Gasteiger partial charge is 0.407 e. The number of nitrogens with one attached hydrogen (secondary N) is 3. The first-order chi connectivity index (χ1) is 13.2. The summed E-state index contributed by atoms with van der Waals surface area (Å²) in [4.78, 5) is 17.9. The Labute approximate surface area is 168 Å². The number of likely N-dealkylation sites (N-methyl/N-ethyl adjacent to an activating group) is 1. The molecule has 0 aliphatic carbocycles. The molecule has 0 saturated heterocycles. The van der Waals surface area contributed by atoms with Gasteiger partial charge in [0.05, 0.1) is 0 Å². The van der Waals surface area contributed by atoms with E-state index in [0.717, 1.165) is 17.9 Å². The van der Waals surface area contributed by atoms with Gasteiger partial charge in [-0.25, -0.2) is 4.79 Å². The molecule has 0 fully saturated rings. The molecule has 0 aromatic heterocycles. The predicted octanol–water partition coefficient (Wildman–Crippen LogP) is 1.82. The fourth-order valence-corrected chi connectivity index (χ4v) is 2.16. The lowest BCUT2D eigenvalue weighted by molar-refractivity contribution is 0.0529. The molecule has 158 valence electrons. The lowest BCUT2D eigenvalue weighted by atomic mass is 10.2. The van der Waals surface area contributed by atoms with Crippen LogP contribution in [0.15, 0.2) is 29.3 Å². The van der Waals surface area contributed by atoms with Crippen LogP contribution >= 0.6 is 0 Å². The van der Waals surface area contributed by atoms with Crippen LogP contribution in [0.4, 0.5) is 4.79 Å². The standard InChI is InChI=1S/C20H35N5O3/c1-20(2,3)28-19(26)23-11-10-22-18(21-4)24-15-16-8-7-9-17(14-16)27-13-12-25(5)6/h7-9,14H,10-13,15H2,1-6H3,(H,23,26)(H2,21,22,24). The fourth-order valence-electron chi connectivity index (χ4n) is 2.16. The van der Waals surface area contributed by atoms with Gasteiger partial charge in [0.15, 0.2) is 5.96 Å². The van der Waals surface area contributed by atoms with Crippen LogP contribution in [0.25, 0.3) is 0 Å². The highest BCUT2D eigenvalue weighted by Crippen LogP contribution is 2.13. The van der Waals surface area contributed by atoms with Gasteiger partial charge in [0.1, 0.15) is 18.0 Å². The zero-order chi connectivity index (χ0) is 21.0. The Hall–Kier alpha value is -2.48. The number of alkyl carbamates (subject to hydrolysis) is 1. The van der Waals surface area contributed by atoms with Crippen LogP contribution in [0.3, 0.4) is 0 Å². The fraction of sp³-hybridized carbons (Fsp3) is 0.600. The Balaban J connectivity index is 2.33. The summed E-state index contributed by atoms with van der Waals surface area (Å²) >= 11 is 0. The van der Waals surface area contributed by atoms with Gasteiger partial charge in [0.25, 0.3) is 0 Å². The first-order valence-electron chi connectivity index (χ1n) is 9.47. The normalized spacial score (nSPS) is 11.9. The van der Waals surface area contributed by atoms with Crippen molar-refractivity contribution in [3.63, 3.8) is 0 Å². The second-order valence-corrected chi connectivity index (χ2v) is 7.58. The molecule has 28 heavy (non-hydrogen) atoms. The van der Waals surface area contributed by atoms with E-state index in [1.165, 1.54) is 0 Å². The molecule has 3 N–H and O–H groups in total. The highest BCUT2D eigenvalue weighted by molar-refractivity contribution is 5.79. The summed E-state index contributed by atoms with van der Waals surface area (Å²) in [5, 5.41) is 9.10. The van der Waals surface area contributed by atoms with E-state index >= 15 is 0 Å². The van der Waals surface area contributed by atoms with Crippen LogP contribution in [0, 0.1) is 0 Å². The molecule has 0 saturated carbocycles. The zero-order valence-corrected chi connectivity index (χ0v) is 18.0. The van der Waals surface area contributed by atoms with Gasteiger partial charge in [-0.2, -0.15) is 0 Å². The van der Waals surface area contributed by atoms with Crippen molar-refractivity contribution < 1.29 is 14.3 Å². The maximum atomic E-state index is 11.6. The number of hydrogen-bond donors (Lipinski definition) is 3. The molecule has 1 rings (SSSR count). The first kappa shape index (κ1) is 23.6. The minimum atomic E-state index is -0.500. The Morgan fingerprint density at radius 1 is 1.14 bits per heavy atom. The average Bonchev–Trinajstić information content (AvgIpc) is 2.59. The summed E-state index contributed by atoms with van der Waals surface area (Å²) in [7, 11) is 5.74. The second kappa shape index (κ2) is 12.1. The molecule has 1 amide bonds. The third kappa shape index (κ3) is 11.3. The zero-order valence-electron chi connectivity index (χ0n) is 18.0. The van der Waals surface area contributed by atoms with Crippen LogP contribution in [0.5, 0.6) is 5.75 Å². The molecule has 8 nitrogen and oxygen atoms in total. The molecule has 0 heterocycles. The molecule has 0 atom stereocenters.